The van der Waals surface area contributed by atoms with Crippen LogP contribution >= 0.6 is 11.6 Å². The molecule has 7 heteroatoms. The van der Waals surface area contributed by atoms with Gasteiger partial charge in [0.05, 0.1) is 22.2 Å². The Bertz CT molecular complexity index is 527. The summed E-state index contributed by atoms with van der Waals surface area (Å²) in [4.78, 5) is 0.118. The first-order valence-electron chi connectivity index (χ1n) is 5.64. The molecule has 18 heavy (non-hydrogen) atoms. The second-order valence-corrected chi connectivity index (χ2v) is 6.34. The van der Waals surface area contributed by atoms with E-state index < -0.39 is 10.0 Å². The van der Waals surface area contributed by atoms with Crippen LogP contribution in [0.15, 0.2) is 23.1 Å². The predicted molar refractivity (Wildman–Crippen MR) is 70.0 cm³/mol. The number of nitrogens with one attached hydrogen (secondary N) is 1. The van der Waals surface area contributed by atoms with Gasteiger partial charge in [0.15, 0.2) is 0 Å². The maximum atomic E-state index is 12.1. The van der Waals surface area contributed by atoms with Crippen molar-refractivity contribution in [2.75, 3.05) is 18.9 Å². The molecule has 100 valence electrons. The SMILES string of the molecule is Nc1ccc(S(=O)(=O)NC2CCCOC2)cc1Cl. The van der Waals surface area contributed by atoms with E-state index in [4.69, 9.17) is 22.1 Å². The summed E-state index contributed by atoms with van der Waals surface area (Å²) >= 11 is 5.82. The fourth-order valence-corrected chi connectivity index (χ4v) is 3.32. The minimum atomic E-state index is -3.57. The number of nitrogens with two attached hydrogens (primary N) is 1. The summed E-state index contributed by atoms with van der Waals surface area (Å²) in [5, 5.41) is 0.234. The molecule has 1 heterocycles. The largest absolute Gasteiger partial charge is 0.398 e. The van der Waals surface area contributed by atoms with Gasteiger partial charge in [0.2, 0.25) is 10.0 Å². The van der Waals surface area contributed by atoms with Gasteiger partial charge in [0, 0.05) is 12.6 Å². The van der Waals surface area contributed by atoms with Crippen LogP contribution < -0.4 is 10.5 Å². The Balaban J connectivity index is 2.16. The molecule has 1 aliphatic rings. The minimum absolute atomic E-state index is 0.118. The van der Waals surface area contributed by atoms with Crippen LogP contribution in [0.4, 0.5) is 5.69 Å². The third-order valence-corrected chi connectivity index (χ3v) is 4.61. The van der Waals surface area contributed by atoms with Gasteiger partial charge < -0.3 is 10.5 Å². The van der Waals surface area contributed by atoms with Crippen molar-refractivity contribution in [1.29, 1.82) is 0 Å². The maximum Gasteiger partial charge on any atom is 0.240 e. The normalized spacial score (nSPS) is 20.8. The zero-order valence-corrected chi connectivity index (χ0v) is 11.3. The maximum absolute atomic E-state index is 12.1. The fraction of sp³-hybridized carbons (Fsp3) is 0.455. The smallest absolute Gasteiger partial charge is 0.240 e. The molecule has 3 N–H and O–H groups in total. The van der Waals surface area contributed by atoms with Crippen molar-refractivity contribution in [3.8, 4) is 0 Å². The number of hydrogen-bond donors (Lipinski definition) is 2. The van der Waals surface area contributed by atoms with Gasteiger partial charge in [-0.3, -0.25) is 0 Å². The van der Waals surface area contributed by atoms with Crippen LogP contribution in [-0.2, 0) is 14.8 Å². The molecular formula is C11H15ClN2O3S. The number of nitrogen functional groups attached to an aromatic ring is 1. The Morgan fingerprint density at radius 3 is 2.83 bits per heavy atom. The summed E-state index contributed by atoms with van der Waals surface area (Å²) < 4.78 is 32.0. The molecule has 1 fully saturated rings. The highest BCUT2D eigenvalue weighted by atomic mass is 35.5. The predicted octanol–water partition coefficient (Wildman–Crippen LogP) is 1.38. The molecule has 1 aromatic carbocycles. The Labute approximate surface area is 111 Å². The van der Waals surface area contributed by atoms with E-state index in [9.17, 15) is 8.42 Å². The summed E-state index contributed by atoms with van der Waals surface area (Å²) in [5.41, 5.74) is 5.91. The summed E-state index contributed by atoms with van der Waals surface area (Å²) in [5.74, 6) is 0. The molecule has 1 saturated heterocycles. The van der Waals surface area contributed by atoms with E-state index in [0.29, 0.717) is 18.9 Å². The molecule has 2 rings (SSSR count). The van der Waals surface area contributed by atoms with Crippen LogP contribution in [0.5, 0.6) is 0 Å². The average Bonchev–Trinajstić information content (AvgIpc) is 2.33. The molecule has 5 nitrogen and oxygen atoms in total. The molecule has 0 radical (unpaired) electrons. The van der Waals surface area contributed by atoms with Crippen LogP contribution in [0.1, 0.15) is 12.8 Å². The Kier molecular flexibility index (Phi) is 4.11. The van der Waals surface area contributed by atoms with Crippen LogP contribution in [0, 0.1) is 0 Å². The molecule has 1 unspecified atom stereocenters. The average molecular weight is 291 g/mol. The first-order chi connectivity index (χ1) is 8.49. The van der Waals surface area contributed by atoms with Crippen molar-refractivity contribution in [3.05, 3.63) is 23.2 Å². The molecule has 0 bridgehead atoms. The third-order valence-electron chi connectivity index (χ3n) is 2.76. The molecule has 1 aromatic rings. The number of rotatable bonds is 3. The molecule has 0 saturated carbocycles. The number of halogens is 1. The summed E-state index contributed by atoms with van der Waals surface area (Å²) in [7, 11) is -3.57. The summed E-state index contributed by atoms with van der Waals surface area (Å²) in [6.07, 6.45) is 1.64. The Morgan fingerprint density at radius 2 is 2.22 bits per heavy atom. The monoisotopic (exact) mass is 290 g/mol. The minimum Gasteiger partial charge on any atom is -0.398 e. The number of hydrogen-bond acceptors (Lipinski definition) is 4. The van der Waals surface area contributed by atoms with E-state index in [1.165, 1.54) is 18.2 Å². The first kappa shape index (κ1) is 13.6. The topological polar surface area (TPSA) is 81.4 Å². The fourth-order valence-electron chi connectivity index (χ4n) is 1.80. The number of anilines is 1. The molecular weight excluding hydrogens is 276 g/mol. The second kappa shape index (κ2) is 5.44. The zero-order valence-electron chi connectivity index (χ0n) is 9.73. The molecule has 0 aliphatic carbocycles. The first-order valence-corrected chi connectivity index (χ1v) is 7.50. The Hall–Kier alpha value is -0.820. The van der Waals surface area contributed by atoms with Gasteiger partial charge in [0.25, 0.3) is 0 Å². The van der Waals surface area contributed by atoms with Crippen LogP contribution in [0.2, 0.25) is 5.02 Å². The number of benzene rings is 1. The highest BCUT2D eigenvalue weighted by Crippen LogP contribution is 2.22. The summed E-state index contributed by atoms with van der Waals surface area (Å²) in [6, 6.07) is 4.09. The van der Waals surface area contributed by atoms with E-state index in [1.807, 2.05) is 0 Å². The standard InChI is InChI=1S/C11H15ClN2O3S/c12-10-6-9(3-4-11(10)13)18(15,16)14-8-2-1-5-17-7-8/h3-4,6,8,14H,1-2,5,7,13H2. The van der Waals surface area contributed by atoms with E-state index in [-0.39, 0.29) is 16.0 Å². The molecule has 1 aliphatic heterocycles. The van der Waals surface area contributed by atoms with Crippen molar-refractivity contribution in [2.24, 2.45) is 0 Å². The van der Waals surface area contributed by atoms with E-state index in [2.05, 4.69) is 4.72 Å². The lowest BCUT2D eigenvalue weighted by molar-refractivity contribution is 0.0774. The van der Waals surface area contributed by atoms with Crippen molar-refractivity contribution in [3.63, 3.8) is 0 Å². The molecule has 1 atom stereocenters. The van der Waals surface area contributed by atoms with Gasteiger partial charge in [-0.05, 0) is 31.0 Å². The zero-order chi connectivity index (χ0) is 13.2. The molecule has 0 amide bonds. The van der Waals surface area contributed by atoms with E-state index in [0.717, 1.165) is 12.8 Å². The molecule has 0 aromatic heterocycles. The summed E-state index contributed by atoms with van der Waals surface area (Å²) in [6.45, 7) is 1.09. The second-order valence-electron chi connectivity index (χ2n) is 4.22. The van der Waals surface area contributed by atoms with Gasteiger partial charge in [-0.15, -0.1) is 0 Å². The third kappa shape index (κ3) is 3.14. The van der Waals surface area contributed by atoms with Crippen molar-refractivity contribution in [1.82, 2.24) is 4.72 Å². The van der Waals surface area contributed by atoms with Gasteiger partial charge in [-0.1, -0.05) is 11.6 Å². The lowest BCUT2D eigenvalue weighted by Crippen LogP contribution is -2.40. The van der Waals surface area contributed by atoms with E-state index >= 15 is 0 Å². The van der Waals surface area contributed by atoms with Crippen LogP contribution in [0.25, 0.3) is 0 Å². The van der Waals surface area contributed by atoms with Gasteiger partial charge in [-0.2, -0.15) is 0 Å². The Morgan fingerprint density at radius 1 is 1.44 bits per heavy atom. The lowest BCUT2D eigenvalue weighted by Gasteiger charge is -2.23. The van der Waals surface area contributed by atoms with Crippen LogP contribution in [0.3, 0.4) is 0 Å². The lowest BCUT2D eigenvalue weighted by atomic mass is 10.1. The van der Waals surface area contributed by atoms with Crippen molar-refractivity contribution in [2.45, 2.75) is 23.8 Å². The van der Waals surface area contributed by atoms with Gasteiger partial charge in [0.1, 0.15) is 0 Å². The van der Waals surface area contributed by atoms with Crippen molar-refractivity contribution >= 4 is 27.3 Å². The van der Waals surface area contributed by atoms with Crippen molar-refractivity contribution < 1.29 is 13.2 Å². The highest BCUT2D eigenvalue weighted by molar-refractivity contribution is 7.89. The van der Waals surface area contributed by atoms with Gasteiger partial charge >= 0.3 is 0 Å². The number of ether oxygens (including phenoxy) is 1. The molecule has 0 spiro atoms. The van der Waals surface area contributed by atoms with Crippen LogP contribution in [-0.4, -0.2) is 27.7 Å². The highest BCUT2D eigenvalue weighted by Gasteiger charge is 2.22. The quantitative estimate of drug-likeness (QED) is 0.824. The van der Waals surface area contributed by atoms with Gasteiger partial charge in [-0.25, -0.2) is 13.1 Å². The number of sulfonamides is 1. The van der Waals surface area contributed by atoms with E-state index in [1.54, 1.807) is 0 Å².